The molecule has 1 aliphatic heterocycles. The molecule has 8 nitrogen and oxygen atoms in total. The van der Waals surface area contributed by atoms with E-state index in [1.165, 1.54) is 41.6 Å². The quantitative estimate of drug-likeness (QED) is 0.505. The second-order valence-electron chi connectivity index (χ2n) is 6.06. The maximum atomic E-state index is 12.3. The van der Waals surface area contributed by atoms with E-state index in [4.69, 9.17) is 5.21 Å². The molecular weight excluding hydrogens is 371 g/mol. The van der Waals surface area contributed by atoms with E-state index in [1.807, 2.05) is 4.90 Å². The van der Waals surface area contributed by atoms with E-state index in [2.05, 4.69) is 4.74 Å². The molecule has 2 rings (SSSR count). The SMILES string of the molecule is C[C@H](C(=O)N1CCN(c2ccc(OC(F)(F)F)cc2)CC1)[C@@H](O)C(=O)NO. The number of aliphatic hydroxyl groups excluding tert-OH is 1. The lowest BCUT2D eigenvalue weighted by molar-refractivity contribution is -0.274. The van der Waals surface area contributed by atoms with E-state index < -0.39 is 30.2 Å². The molecule has 27 heavy (non-hydrogen) atoms. The Bertz CT molecular complexity index is 660. The third-order valence-electron chi connectivity index (χ3n) is 4.27. The van der Waals surface area contributed by atoms with Crippen LogP contribution in [0, 0.1) is 5.92 Å². The summed E-state index contributed by atoms with van der Waals surface area (Å²) in [6.45, 7) is 2.88. The monoisotopic (exact) mass is 391 g/mol. The summed E-state index contributed by atoms with van der Waals surface area (Å²) in [5.74, 6) is -2.83. The van der Waals surface area contributed by atoms with Crippen LogP contribution in [0.4, 0.5) is 18.9 Å². The minimum absolute atomic E-state index is 0.315. The number of carbonyl (C=O) groups is 2. The van der Waals surface area contributed by atoms with Crippen molar-refractivity contribution in [2.75, 3.05) is 31.1 Å². The molecule has 2 amide bonds. The molecule has 0 bridgehead atoms. The van der Waals surface area contributed by atoms with Crippen molar-refractivity contribution in [3.8, 4) is 5.75 Å². The molecule has 1 fully saturated rings. The molecule has 0 radical (unpaired) electrons. The Kier molecular flexibility index (Phi) is 6.50. The zero-order valence-electron chi connectivity index (χ0n) is 14.4. The predicted octanol–water partition coefficient (Wildman–Crippen LogP) is 0.736. The van der Waals surface area contributed by atoms with Gasteiger partial charge in [0.2, 0.25) is 5.91 Å². The lowest BCUT2D eigenvalue weighted by atomic mass is 10.0. The molecule has 0 aliphatic carbocycles. The normalized spacial score (nSPS) is 17.3. The van der Waals surface area contributed by atoms with Gasteiger partial charge in [-0.05, 0) is 24.3 Å². The number of halogens is 3. The van der Waals surface area contributed by atoms with Crippen LogP contribution in [0.15, 0.2) is 24.3 Å². The number of piperazine rings is 1. The number of benzene rings is 1. The van der Waals surface area contributed by atoms with Crippen LogP contribution in [0.2, 0.25) is 0 Å². The molecule has 0 saturated carbocycles. The average molecular weight is 391 g/mol. The van der Waals surface area contributed by atoms with E-state index in [1.54, 1.807) is 0 Å². The number of hydrogen-bond acceptors (Lipinski definition) is 6. The summed E-state index contributed by atoms with van der Waals surface area (Å²) >= 11 is 0. The fourth-order valence-corrected chi connectivity index (χ4v) is 2.76. The second-order valence-corrected chi connectivity index (χ2v) is 6.06. The van der Waals surface area contributed by atoms with Gasteiger partial charge in [-0.2, -0.15) is 0 Å². The van der Waals surface area contributed by atoms with E-state index in [0.717, 1.165) is 0 Å². The molecule has 3 N–H and O–H groups in total. The Labute approximate surface area is 153 Å². The highest BCUT2D eigenvalue weighted by atomic mass is 19.4. The number of carbonyl (C=O) groups excluding carboxylic acids is 2. The molecule has 2 atom stereocenters. The lowest BCUT2D eigenvalue weighted by Crippen LogP contribution is -2.52. The van der Waals surface area contributed by atoms with Gasteiger partial charge in [0.25, 0.3) is 5.91 Å². The molecule has 0 unspecified atom stereocenters. The van der Waals surface area contributed by atoms with E-state index >= 15 is 0 Å². The van der Waals surface area contributed by atoms with Gasteiger partial charge in [-0.3, -0.25) is 14.8 Å². The largest absolute Gasteiger partial charge is 0.573 e. The Morgan fingerprint density at radius 3 is 2.19 bits per heavy atom. The first kappa shape index (κ1) is 20.8. The summed E-state index contributed by atoms with van der Waals surface area (Å²) in [5, 5.41) is 18.2. The predicted molar refractivity (Wildman–Crippen MR) is 87.0 cm³/mol. The Morgan fingerprint density at radius 2 is 1.70 bits per heavy atom. The molecule has 1 aromatic carbocycles. The number of hydroxylamine groups is 1. The topological polar surface area (TPSA) is 102 Å². The van der Waals surface area contributed by atoms with Gasteiger partial charge in [-0.15, -0.1) is 13.2 Å². The molecular formula is C16H20F3N3O5. The number of ether oxygens (including phenoxy) is 1. The Morgan fingerprint density at radius 1 is 1.15 bits per heavy atom. The van der Waals surface area contributed by atoms with Crippen molar-refractivity contribution >= 4 is 17.5 Å². The van der Waals surface area contributed by atoms with Crippen LogP contribution in [-0.4, -0.2) is 65.7 Å². The molecule has 1 heterocycles. The maximum Gasteiger partial charge on any atom is 0.573 e. The van der Waals surface area contributed by atoms with Gasteiger partial charge >= 0.3 is 6.36 Å². The van der Waals surface area contributed by atoms with Crippen molar-refractivity contribution < 1.29 is 37.8 Å². The molecule has 150 valence electrons. The van der Waals surface area contributed by atoms with Crippen molar-refractivity contribution in [2.45, 2.75) is 19.4 Å². The van der Waals surface area contributed by atoms with Crippen LogP contribution < -0.4 is 15.1 Å². The summed E-state index contributed by atoms with van der Waals surface area (Å²) in [5.41, 5.74) is 1.99. The van der Waals surface area contributed by atoms with Gasteiger partial charge in [0.15, 0.2) is 0 Å². The standard InChI is InChI=1S/C16H20F3N3O5/c1-10(13(23)14(24)20-26)15(25)22-8-6-21(7-9-22)11-2-4-12(5-3-11)27-16(17,18)19/h2-5,10,13,23,26H,6-9H2,1H3,(H,20,24)/t10-,13+/m0/s1. The van der Waals surface area contributed by atoms with Crippen LogP contribution >= 0.6 is 0 Å². The fraction of sp³-hybridized carbons (Fsp3) is 0.500. The molecule has 1 aromatic rings. The molecule has 1 aliphatic rings. The van der Waals surface area contributed by atoms with Crippen molar-refractivity contribution in [2.24, 2.45) is 5.92 Å². The highest BCUT2D eigenvalue weighted by Gasteiger charge is 2.33. The summed E-state index contributed by atoms with van der Waals surface area (Å²) in [4.78, 5) is 26.9. The van der Waals surface area contributed by atoms with Crippen molar-refractivity contribution in [3.05, 3.63) is 24.3 Å². The second kappa shape index (κ2) is 8.44. The van der Waals surface area contributed by atoms with Crippen molar-refractivity contribution in [3.63, 3.8) is 0 Å². The first-order chi connectivity index (χ1) is 12.6. The number of anilines is 1. The minimum Gasteiger partial charge on any atom is -0.406 e. The van der Waals surface area contributed by atoms with Crippen LogP contribution in [0.5, 0.6) is 5.75 Å². The Balaban J connectivity index is 1.91. The zero-order valence-corrected chi connectivity index (χ0v) is 14.4. The number of nitrogens with one attached hydrogen (secondary N) is 1. The third kappa shape index (κ3) is 5.47. The first-order valence-electron chi connectivity index (χ1n) is 8.14. The van der Waals surface area contributed by atoms with Gasteiger partial charge < -0.3 is 19.6 Å². The minimum atomic E-state index is -4.75. The highest BCUT2D eigenvalue weighted by Crippen LogP contribution is 2.26. The van der Waals surface area contributed by atoms with Gasteiger partial charge in [-0.25, -0.2) is 5.48 Å². The summed E-state index contributed by atoms with van der Waals surface area (Å²) < 4.78 is 40.4. The summed E-state index contributed by atoms with van der Waals surface area (Å²) in [6, 6.07) is 5.42. The van der Waals surface area contributed by atoms with E-state index in [0.29, 0.717) is 31.9 Å². The average Bonchev–Trinajstić information content (AvgIpc) is 2.65. The van der Waals surface area contributed by atoms with Crippen LogP contribution in [0.25, 0.3) is 0 Å². The van der Waals surface area contributed by atoms with Crippen LogP contribution in [-0.2, 0) is 9.59 Å². The number of alkyl halides is 3. The van der Waals surface area contributed by atoms with Gasteiger partial charge in [0.05, 0.1) is 5.92 Å². The lowest BCUT2D eigenvalue weighted by Gasteiger charge is -2.37. The third-order valence-corrected chi connectivity index (χ3v) is 4.27. The van der Waals surface area contributed by atoms with Gasteiger partial charge in [0.1, 0.15) is 11.9 Å². The fourth-order valence-electron chi connectivity index (χ4n) is 2.76. The van der Waals surface area contributed by atoms with Crippen LogP contribution in [0.1, 0.15) is 6.92 Å². The zero-order chi connectivity index (χ0) is 20.2. The highest BCUT2D eigenvalue weighted by molar-refractivity contribution is 5.88. The molecule has 0 aromatic heterocycles. The van der Waals surface area contributed by atoms with E-state index in [9.17, 15) is 27.9 Å². The first-order valence-corrected chi connectivity index (χ1v) is 8.14. The van der Waals surface area contributed by atoms with Crippen molar-refractivity contribution in [1.82, 2.24) is 10.4 Å². The summed E-state index contributed by atoms with van der Waals surface area (Å²) in [7, 11) is 0. The molecule has 11 heteroatoms. The number of amides is 2. The molecule has 0 spiro atoms. The number of nitrogens with zero attached hydrogens (tertiary/aromatic N) is 2. The number of rotatable bonds is 5. The molecule has 1 saturated heterocycles. The van der Waals surface area contributed by atoms with Gasteiger partial charge in [-0.1, -0.05) is 6.92 Å². The Hall–Kier alpha value is -2.53. The smallest absolute Gasteiger partial charge is 0.406 e. The van der Waals surface area contributed by atoms with Crippen LogP contribution in [0.3, 0.4) is 0 Å². The van der Waals surface area contributed by atoms with Gasteiger partial charge in [0, 0.05) is 31.9 Å². The summed E-state index contributed by atoms with van der Waals surface area (Å²) in [6.07, 6.45) is -6.41. The number of hydrogen-bond donors (Lipinski definition) is 3. The van der Waals surface area contributed by atoms with E-state index in [-0.39, 0.29) is 5.75 Å². The number of aliphatic hydroxyl groups is 1. The maximum absolute atomic E-state index is 12.3. The van der Waals surface area contributed by atoms with Crippen molar-refractivity contribution in [1.29, 1.82) is 0 Å².